The first kappa shape index (κ1) is 21.1. The van der Waals surface area contributed by atoms with E-state index in [0.717, 1.165) is 0 Å². The lowest BCUT2D eigenvalue weighted by Crippen LogP contribution is -2.47. The van der Waals surface area contributed by atoms with Gasteiger partial charge in [0.15, 0.2) is 11.5 Å². The molecule has 0 unspecified atom stereocenters. The molecule has 2 N–H and O–H groups in total. The fraction of sp³-hybridized carbons (Fsp3) is 0.500. The van der Waals surface area contributed by atoms with Gasteiger partial charge >= 0.3 is 6.09 Å². The van der Waals surface area contributed by atoms with E-state index in [1.807, 2.05) is 19.9 Å². The molecule has 0 saturated carbocycles. The van der Waals surface area contributed by atoms with Crippen LogP contribution in [0.1, 0.15) is 25.8 Å². The predicted octanol–water partition coefficient (Wildman–Crippen LogP) is 1.98. The second-order valence-electron chi connectivity index (χ2n) is 5.97. The Hall–Kier alpha value is -2.95. The van der Waals surface area contributed by atoms with Crippen LogP contribution < -0.4 is 20.1 Å². The van der Waals surface area contributed by atoms with E-state index in [-0.39, 0.29) is 19.1 Å². The third-order valence-electron chi connectivity index (χ3n) is 3.48. The molecule has 0 aliphatic heterocycles. The van der Waals surface area contributed by atoms with E-state index in [0.29, 0.717) is 23.5 Å². The van der Waals surface area contributed by atoms with Crippen molar-refractivity contribution in [3.63, 3.8) is 0 Å². The van der Waals surface area contributed by atoms with E-state index in [4.69, 9.17) is 19.5 Å². The van der Waals surface area contributed by atoms with Crippen molar-refractivity contribution >= 4 is 12.0 Å². The summed E-state index contributed by atoms with van der Waals surface area (Å²) in [6, 6.07) is 6.24. The molecule has 0 heterocycles. The molecular weight excluding hydrogens is 338 g/mol. The van der Waals surface area contributed by atoms with Crippen molar-refractivity contribution in [1.82, 2.24) is 10.6 Å². The van der Waals surface area contributed by atoms with Crippen LogP contribution in [0.25, 0.3) is 0 Å². The topological polar surface area (TPSA) is 110 Å². The largest absolute Gasteiger partial charge is 0.493 e. The van der Waals surface area contributed by atoms with Crippen molar-refractivity contribution in [3.8, 4) is 17.6 Å². The minimum absolute atomic E-state index is 0.0143. The Kier molecular flexibility index (Phi) is 8.78. The van der Waals surface area contributed by atoms with Crippen LogP contribution in [0.4, 0.5) is 4.79 Å². The number of amides is 2. The van der Waals surface area contributed by atoms with Crippen LogP contribution in [0.15, 0.2) is 18.2 Å². The molecule has 1 aromatic rings. The Balaban J connectivity index is 2.64. The summed E-state index contributed by atoms with van der Waals surface area (Å²) in [7, 11) is 3.05. The number of nitrogens with zero attached hydrogens (tertiary/aromatic N) is 1. The highest BCUT2D eigenvalue weighted by Crippen LogP contribution is 2.27. The van der Waals surface area contributed by atoms with E-state index in [9.17, 15) is 9.59 Å². The van der Waals surface area contributed by atoms with E-state index in [2.05, 4.69) is 10.6 Å². The third kappa shape index (κ3) is 6.89. The van der Waals surface area contributed by atoms with Gasteiger partial charge in [-0.3, -0.25) is 4.79 Å². The first-order valence-corrected chi connectivity index (χ1v) is 8.20. The number of carbonyl (C=O) groups excluding carboxylic acids is 2. The SMILES string of the molecule is COc1ccc(COC(=O)N[C@@H](CC(C)C)C(=O)NCC#N)cc1OC. The van der Waals surface area contributed by atoms with E-state index in [1.165, 1.54) is 14.2 Å². The molecule has 8 nitrogen and oxygen atoms in total. The van der Waals surface area contributed by atoms with Crippen LogP contribution in [-0.2, 0) is 16.1 Å². The molecule has 0 aliphatic rings. The van der Waals surface area contributed by atoms with Gasteiger partial charge in [0, 0.05) is 0 Å². The number of carbonyl (C=O) groups is 2. The molecule has 0 bridgehead atoms. The minimum atomic E-state index is -0.763. The molecular formula is C18H25N3O5. The highest BCUT2D eigenvalue weighted by molar-refractivity contribution is 5.85. The summed E-state index contributed by atoms with van der Waals surface area (Å²) in [5, 5.41) is 13.5. The molecule has 2 amide bonds. The number of nitrogens with one attached hydrogen (secondary N) is 2. The Labute approximate surface area is 153 Å². The molecule has 1 rings (SSSR count). The molecule has 0 aliphatic carbocycles. The number of methoxy groups -OCH3 is 2. The molecule has 0 fully saturated rings. The molecule has 0 radical (unpaired) electrons. The molecule has 0 saturated heterocycles. The average Bonchev–Trinajstić information content (AvgIpc) is 2.63. The lowest BCUT2D eigenvalue weighted by atomic mass is 10.0. The van der Waals surface area contributed by atoms with Gasteiger partial charge in [-0.05, 0) is 30.0 Å². The maximum Gasteiger partial charge on any atom is 0.408 e. The summed E-state index contributed by atoms with van der Waals surface area (Å²) in [4.78, 5) is 24.1. The van der Waals surface area contributed by atoms with E-state index >= 15 is 0 Å². The number of nitriles is 1. The average molecular weight is 363 g/mol. The Morgan fingerprint density at radius 2 is 1.88 bits per heavy atom. The monoisotopic (exact) mass is 363 g/mol. The number of ether oxygens (including phenoxy) is 3. The van der Waals surface area contributed by atoms with Crippen molar-refractivity contribution in [2.24, 2.45) is 5.92 Å². The quantitative estimate of drug-likeness (QED) is 0.649. The zero-order valence-corrected chi connectivity index (χ0v) is 15.5. The van der Waals surface area contributed by atoms with Crippen molar-refractivity contribution in [3.05, 3.63) is 23.8 Å². The van der Waals surface area contributed by atoms with E-state index < -0.39 is 18.0 Å². The molecule has 8 heteroatoms. The van der Waals surface area contributed by atoms with Crippen molar-refractivity contribution in [1.29, 1.82) is 5.26 Å². The zero-order chi connectivity index (χ0) is 19.5. The smallest absolute Gasteiger partial charge is 0.408 e. The molecule has 1 atom stereocenters. The molecule has 0 aromatic heterocycles. The summed E-state index contributed by atoms with van der Waals surface area (Å²) >= 11 is 0. The molecule has 26 heavy (non-hydrogen) atoms. The van der Waals surface area contributed by atoms with Gasteiger partial charge in [-0.2, -0.15) is 5.26 Å². The first-order valence-electron chi connectivity index (χ1n) is 8.20. The van der Waals surface area contributed by atoms with Gasteiger partial charge in [-0.15, -0.1) is 0 Å². The van der Waals surface area contributed by atoms with Crippen LogP contribution in [0, 0.1) is 17.2 Å². The van der Waals surface area contributed by atoms with Crippen LogP contribution in [0.5, 0.6) is 11.5 Å². The second-order valence-corrected chi connectivity index (χ2v) is 5.97. The van der Waals surface area contributed by atoms with Crippen LogP contribution in [0.2, 0.25) is 0 Å². The van der Waals surface area contributed by atoms with E-state index in [1.54, 1.807) is 18.2 Å². The summed E-state index contributed by atoms with van der Waals surface area (Å²) in [6.07, 6.45) is -0.277. The molecule has 142 valence electrons. The van der Waals surface area contributed by atoms with Gasteiger partial charge in [0.2, 0.25) is 5.91 Å². The van der Waals surface area contributed by atoms with Crippen molar-refractivity contribution < 1.29 is 23.8 Å². The standard InChI is InChI=1S/C18H25N3O5/c1-12(2)9-14(17(22)20-8-7-19)21-18(23)26-11-13-5-6-15(24-3)16(10-13)25-4/h5-6,10,12,14H,8-9,11H2,1-4H3,(H,20,22)(H,21,23)/t14-/m0/s1. The van der Waals surface area contributed by atoms with Gasteiger partial charge in [0.25, 0.3) is 0 Å². The number of alkyl carbamates (subject to hydrolysis) is 1. The van der Waals surface area contributed by atoms with Gasteiger partial charge in [-0.1, -0.05) is 19.9 Å². The van der Waals surface area contributed by atoms with Crippen LogP contribution in [-0.4, -0.2) is 38.8 Å². The Bertz CT molecular complexity index is 655. The summed E-state index contributed by atoms with van der Waals surface area (Å²) in [5.41, 5.74) is 0.715. The van der Waals surface area contributed by atoms with Crippen LogP contribution >= 0.6 is 0 Å². The molecule has 1 aromatic carbocycles. The highest BCUT2D eigenvalue weighted by atomic mass is 16.5. The third-order valence-corrected chi connectivity index (χ3v) is 3.48. The van der Waals surface area contributed by atoms with Gasteiger partial charge in [-0.25, -0.2) is 4.79 Å². The van der Waals surface area contributed by atoms with Gasteiger partial charge < -0.3 is 24.8 Å². The Morgan fingerprint density at radius 3 is 2.46 bits per heavy atom. The maximum absolute atomic E-state index is 12.0. The van der Waals surface area contributed by atoms with Crippen LogP contribution in [0.3, 0.4) is 0 Å². The summed E-state index contributed by atoms with van der Waals surface area (Å²) < 4.78 is 15.5. The normalized spacial score (nSPS) is 11.2. The van der Waals surface area contributed by atoms with Crippen molar-refractivity contribution in [2.75, 3.05) is 20.8 Å². The lowest BCUT2D eigenvalue weighted by molar-refractivity contribution is -0.123. The summed E-state index contributed by atoms with van der Waals surface area (Å²) in [5.74, 6) is 0.872. The number of rotatable bonds is 9. The van der Waals surface area contributed by atoms with Gasteiger partial charge in [0.1, 0.15) is 19.2 Å². The van der Waals surface area contributed by atoms with Crippen molar-refractivity contribution in [2.45, 2.75) is 32.9 Å². The predicted molar refractivity (Wildman–Crippen MR) is 94.7 cm³/mol. The lowest BCUT2D eigenvalue weighted by Gasteiger charge is -2.19. The number of hydrogen-bond donors (Lipinski definition) is 2. The zero-order valence-electron chi connectivity index (χ0n) is 15.5. The number of benzene rings is 1. The number of hydrogen-bond acceptors (Lipinski definition) is 6. The minimum Gasteiger partial charge on any atom is -0.493 e. The van der Waals surface area contributed by atoms with Gasteiger partial charge in [0.05, 0.1) is 20.3 Å². The molecule has 0 spiro atoms. The Morgan fingerprint density at radius 1 is 1.19 bits per heavy atom. The first-order chi connectivity index (χ1) is 12.4. The highest BCUT2D eigenvalue weighted by Gasteiger charge is 2.22. The summed E-state index contributed by atoms with van der Waals surface area (Å²) in [6.45, 7) is 3.76. The maximum atomic E-state index is 12.0. The fourth-order valence-electron chi connectivity index (χ4n) is 2.26. The fourth-order valence-corrected chi connectivity index (χ4v) is 2.26. The second kappa shape index (κ2) is 10.8.